The fourth-order valence-corrected chi connectivity index (χ4v) is 1.98. The number of rotatable bonds is 4. The fraction of sp³-hybridized carbons (Fsp3) is 0.462. The number of amides is 1. The summed E-state index contributed by atoms with van der Waals surface area (Å²) in [5.41, 5.74) is 1.80. The van der Waals surface area contributed by atoms with Crippen LogP contribution in [0.25, 0.3) is 5.52 Å². The number of hydrogen-bond donors (Lipinski definition) is 2. The van der Waals surface area contributed by atoms with Gasteiger partial charge in [-0.15, -0.1) is 0 Å². The van der Waals surface area contributed by atoms with Crippen LogP contribution in [0.4, 0.5) is 5.82 Å². The second kappa shape index (κ2) is 4.53. The number of nitrogens with one attached hydrogen (secondary N) is 2. The van der Waals surface area contributed by atoms with Gasteiger partial charge in [-0.25, -0.2) is 9.50 Å². The number of fused-ring (bicyclic) bond motifs is 1. The molecule has 1 aliphatic rings. The van der Waals surface area contributed by atoms with Crippen LogP contribution in [0, 0.1) is 6.92 Å². The molecule has 0 saturated heterocycles. The van der Waals surface area contributed by atoms with Crippen LogP contribution in [0.15, 0.2) is 18.5 Å². The molecule has 1 amide bonds. The smallest absolute Gasteiger partial charge is 0.242 e. The average molecular weight is 259 g/mol. The molecule has 6 heteroatoms. The van der Waals surface area contributed by atoms with Gasteiger partial charge >= 0.3 is 0 Å². The molecule has 100 valence electrons. The lowest BCUT2D eigenvalue weighted by Crippen LogP contribution is -2.38. The SMILES string of the molecule is Cc1cc2c(NC(C)C(=O)NC3CC3)nccn2n1. The van der Waals surface area contributed by atoms with E-state index < -0.39 is 0 Å². The zero-order valence-corrected chi connectivity index (χ0v) is 11.1. The second-order valence-corrected chi connectivity index (χ2v) is 5.04. The van der Waals surface area contributed by atoms with Gasteiger partial charge in [0, 0.05) is 18.4 Å². The summed E-state index contributed by atoms with van der Waals surface area (Å²) in [4.78, 5) is 16.2. The van der Waals surface area contributed by atoms with Crippen molar-refractivity contribution >= 4 is 17.2 Å². The van der Waals surface area contributed by atoms with Gasteiger partial charge in [0.1, 0.15) is 11.6 Å². The number of carbonyl (C=O) groups excluding carboxylic acids is 1. The van der Waals surface area contributed by atoms with Crippen molar-refractivity contribution in [1.82, 2.24) is 19.9 Å². The second-order valence-electron chi connectivity index (χ2n) is 5.04. The highest BCUT2D eigenvalue weighted by atomic mass is 16.2. The van der Waals surface area contributed by atoms with E-state index in [0.29, 0.717) is 11.9 Å². The van der Waals surface area contributed by atoms with Crippen molar-refractivity contribution in [2.24, 2.45) is 0 Å². The van der Waals surface area contributed by atoms with Gasteiger partial charge in [-0.1, -0.05) is 0 Å². The Morgan fingerprint density at radius 1 is 1.53 bits per heavy atom. The average Bonchev–Trinajstić information content (AvgIpc) is 3.09. The van der Waals surface area contributed by atoms with E-state index in [1.54, 1.807) is 16.9 Å². The Kier molecular flexibility index (Phi) is 2.85. The minimum absolute atomic E-state index is 0.0162. The third-order valence-corrected chi connectivity index (χ3v) is 3.18. The Morgan fingerprint density at radius 2 is 2.32 bits per heavy atom. The molecule has 0 aliphatic heterocycles. The molecule has 19 heavy (non-hydrogen) atoms. The van der Waals surface area contributed by atoms with E-state index in [0.717, 1.165) is 24.1 Å². The van der Waals surface area contributed by atoms with Crippen LogP contribution in [-0.2, 0) is 4.79 Å². The molecule has 0 aromatic carbocycles. The number of hydrogen-bond acceptors (Lipinski definition) is 4. The van der Waals surface area contributed by atoms with E-state index in [2.05, 4.69) is 20.7 Å². The predicted molar refractivity (Wildman–Crippen MR) is 72.0 cm³/mol. The molecule has 3 rings (SSSR count). The van der Waals surface area contributed by atoms with Gasteiger partial charge in [0.25, 0.3) is 0 Å². The zero-order chi connectivity index (χ0) is 13.4. The maximum atomic E-state index is 11.9. The Morgan fingerprint density at radius 3 is 3.05 bits per heavy atom. The van der Waals surface area contributed by atoms with Gasteiger partial charge in [0.2, 0.25) is 5.91 Å². The maximum absolute atomic E-state index is 11.9. The monoisotopic (exact) mass is 259 g/mol. The molecule has 2 heterocycles. The molecule has 0 spiro atoms. The lowest BCUT2D eigenvalue weighted by Gasteiger charge is -2.14. The Labute approximate surface area is 111 Å². The summed E-state index contributed by atoms with van der Waals surface area (Å²) in [5.74, 6) is 0.698. The maximum Gasteiger partial charge on any atom is 0.242 e. The number of anilines is 1. The number of aryl methyl sites for hydroxylation is 1. The van der Waals surface area contributed by atoms with Crippen LogP contribution < -0.4 is 10.6 Å². The fourth-order valence-electron chi connectivity index (χ4n) is 1.98. The molecule has 1 aliphatic carbocycles. The Hall–Kier alpha value is -2.11. The van der Waals surface area contributed by atoms with E-state index in [-0.39, 0.29) is 11.9 Å². The van der Waals surface area contributed by atoms with Crippen molar-refractivity contribution in [2.75, 3.05) is 5.32 Å². The van der Waals surface area contributed by atoms with Crippen molar-refractivity contribution in [3.63, 3.8) is 0 Å². The molecule has 1 atom stereocenters. The summed E-state index contributed by atoms with van der Waals surface area (Å²) in [6, 6.07) is 2.01. The van der Waals surface area contributed by atoms with Gasteiger partial charge in [-0.3, -0.25) is 4.79 Å². The van der Waals surface area contributed by atoms with Crippen molar-refractivity contribution in [2.45, 2.75) is 38.8 Å². The lowest BCUT2D eigenvalue weighted by atomic mass is 10.3. The molecule has 0 radical (unpaired) electrons. The summed E-state index contributed by atoms with van der Waals surface area (Å²) in [6.45, 7) is 3.77. The van der Waals surface area contributed by atoms with Crippen molar-refractivity contribution < 1.29 is 4.79 Å². The van der Waals surface area contributed by atoms with E-state index in [9.17, 15) is 4.79 Å². The molecular formula is C13H17N5O. The van der Waals surface area contributed by atoms with Gasteiger partial charge in [0.05, 0.1) is 5.69 Å². The summed E-state index contributed by atoms with van der Waals surface area (Å²) in [6.07, 6.45) is 5.65. The molecule has 1 unspecified atom stereocenters. The van der Waals surface area contributed by atoms with E-state index in [1.165, 1.54) is 0 Å². The molecular weight excluding hydrogens is 242 g/mol. The molecule has 1 fully saturated rings. The first-order valence-electron chi connectivity index (χ1n) is 6.51. The van der Waals surface area contributed by atoms with Gasteiger partial charge in [-0.05, 0) is 32.8 Å². The highest BCUT2D eigenvalue weighted by molar-refractivity contribution is 5.85. The van der Waals surface area contributed by atoms with E-state index in [1.807, 2.05) is 19.9 Å². The van der Waals surface area contributed by atoms with Crippen LogP contribution in [0.1, 0.15) is 25.5 Å². The molecule has 2 aromatic heterocycles. The van der Waals surface area contributed by atoms with Gasteiger partial charge < -0.3 is 10.6 Å². The van der Waals surface area contributed by atoms with Crippen molar-refractivity contribution in [3.05, 3.63) is 24.2 Å². The Balaban J connectivity index is 1.78. The highest BCUT2D eigenvalue weighted by Crippen LogP contribution is 2.19. The van der Waals surface area contributed by atoms with Crippen LogP contribution in [0.2, 0.25) is 0 Å². The number of carbonyl (C=O) groups is 1. The minimum atomic E-state index is -0.311. The zero-order valence-electron chi connectivity index (χ0n) is 11.1. The third-order valence-electron chi connectivity index (χ3n) is 3.18. The largest absolute Gasteiger partial charge is 0.357 e. The minimum Gasteiger partial charge on any atom is -0.357 e. The van der Waals surface area contributed by atoms with Gasteiger partial charge in [-0.2, -0.15) is 5.10 Å². The molecule has 6 nitrogen and oxygen atoms in total. The van der Waals surface area contributed by atoms with Crippen LogP contribution in [-0.4, -0.2) is 32.6 Å². The highest BCUT2D eigenvalue weighted by Gasteiger charge is 2.25. The van der Waals surface area contributed by atoms with Crippen LogP contribution >= 0.6 is 0 Å². The quantitative estimate of drug-likeness (QED) is 0.863. The van der Waals surface area contributed by atoms with Crippen LogP contribution in [0.5, 0.6) is 0 Å². The molecule has 1 saturated carbocycles. The standard InChI is InChI=1S/C13H17N5O/c1-8-7-11-12(14-5-6-18(11)17-8)15-9(2)13(19)16-10-3-4-10/h5-7,9-10H,3-4H2,1-2H3,(H,14,15)(H,16,19). The third kappa shape index (κ3) is 2.52. The predicted octanol–water partition coefficient (Wildman–Crippen LogP) is 1.12. The first-order chi connectivity index (χ1) is 9.13. The Bertz CT molecular complexity index is 617. The molecule has 2 aromatic rings. The molecule has 2 N–H and O–H groups in total. The summed E-state index contributed by atoms with van der Waals surface area (Å²) < 4.78 is 1.76. The summed E-state index contributed by atoms with van der Waals surface area (Å²) >= 11 is 0. The molecule has 0 bridgehead atoms. The lowest BCUT2D eigenvalue weighted by molar-refractivity contribution is -0.121. The normalized spacial score (nSPS) is 16.3. The van der Waals surface area contributed by atoms with E-state index >= 15 is 0 Å². The summed E-state index contributed by atoms with van der Waals surface area (Å²) in [7, 11) is 0. The first-order valence-corrected chi connectivity index (χ1v) is 6.51. The summed E-state index contributed by atoms with van der Waals surface area (Å²) in [5, 5.41) is 10.4. The number of nitrogens with zero attached hydrogens (tertiary/aromatic N) is 3. The van der Waals surface area contributed by atoms with Gasteiger partial charge in [0.15, 0.2) is 5.82 Å². The van der Waals surface area contributed by atoms with E-state index in [4.69, 9.17) is 0 Å². The van der Waals surface area contributed by atoms with Crippen LogP contribution in [0.3, 0.4) is 0 Å². The number of aromatic nitrogens is 3. The van der Waals surface area contributed by atoms with Crippen molar-refractivity contribution in [3.8, 4) is 0 Å². The topological polar surface area (TPSA) is 71.3 Å². The van der Waals surface area contributed by atoms with Crippen molar-refractivity contribution in [1.29, 1.82) is 0 Å². The first kappa shape index (κ1) is 12.0.